The van der Waals surface area contributed by atoms with Crippen molar-refractivity contribution in [1.29, 1.82) is 0 Å². The van der Waals surface area contributed by atoms with E-state index >= 15 is 0 Å². The predicted molar refractivity (Wildman–Crippen MR) is 76.5 cm³/mol. The van der Waals surface area contributed by atoms with Crippen LogP contribution in [0.5, 0.6) is 0 Å². The van der Waals surface area contributed by atoms with Crippen LogP contribution in [0.2, 0.25) is 0 Å². The number of nitrogens with two attached hydrogens (primary N) is 1. The zero-order valence-electron chi connectivity index (χ0n) is 10.6. The fraction of sp³-hybridized carbons (Fsp3) is 0.385. The Morgan fingerprint density at radius 1 is 1.16 bits per heavy atom. The molecular formula is C13H18ClN3O2. The molecule has 0 atom stereocenters. The minimum absolute atomic E-state index is 0. The van der Waals surface area contributed by atoms with E-state index in [4.69, 9.17) is 5.73 Å². The lowest BCUT2D eigenvalue weighted by Gasteiger charge is -2.15. The SMILES string of the molecule is Cl.NCC(=O)Nc1ccc(C(=O)N2CCCC2)cc1. The zero-order chi connectivity index (χ0) is 13.0. The molecule has 1 aliphatic rings. The molecule has 0 aliphatic carbocycles. The van der Waals surface area contributed by atoms with Crippen LogP contribution in [-0.2, 0) is 4.79 Å². The van der Waals surface area contributed by atoms with Gasteiger partial charge in [-0.05, 0) is 37.1 Å². The Labute approximate surface area is 118 Å². The molecule has 6 heteroatoms. The average Bonchev–Trinajstić information content (AvgIpc) is 2.92. The molecule has 3 N–H and O–H groups in total. The molecule has 1 fully saturated rings. The van der Waals surface area contributed by atoms with Crippen molar-refractivity contribution >= 4 is 29.9 Å². The minimum atomic E-state index is -0.242. The van der Waals surface area contributed by atoms with Crippen molar-refractivity contribution in [1.82, 2.24) is 4.90 Å². The first-order valence-corrected chi connectivity index (χ1v) is 6.10. The first-order chi connectivity index (χ1) is 8.70. The average molecular weight is 284 g/mol. The number of carbonyl (C=O) groups is 2. The molecule has 2 rings (SSSR count). The lowest BCUT2D eigenvalue weighted by atomic mass is 10.2. The minimum Gasteiger partial charge on any atom is -0.339 e. The monoisotopic (exact) mass is 283 g/mol. The van der Waals surface area contributed by atoms with Gasteiger partial charge in [0.25, 0.3) is 5.91 Å². The number of likely N-dealkylation sites (tertiary alicyclic amines) is 1. The van der Waals surface area contributed by atoms with Gasteiger partial charge in [0.15, 0.2) is 0 Å². The third-order valence-electron chi connectivity index (χ3n) is 2.99. The molecular weight excluding hydrogens is 266 g/mol. The number of hydrogen-bond donors (Lipinski definition) is 2. The number of amides is 2. The Morgan fingerprint density at radius 2 is 1.74 bits per heavy atom. The molecule has 19 heavy (non-hydrogen) atoms. The molecule has 0 unspecified atom stereocenters. The van der Waals surface area contributed by atoms with Crippen LogP contribution in [0.15, 0.2) is 24.3 Å². The molecule has 2 amide bonds. The first-order valence-electron chi connectivity index (χ1n) is 6.10. The third-order valence-corrected chi connectivity index (χ3v) is 2.99. The second-order valence-corrected chi connectivity index (χ2v) is 4.33. The van der Waals surface area contributed by atoms with E-state index in [1.54, 1.807) is 24.3 Å². The predicted octanol–water partition coefficient (Wildman–Crippen LogP) is 1.24. The number of carbonyl (C=O) groups excluding carboxylic acids is 2. The number of halogens is 1. The van der Waals surface area contributed by atoms with Crippen LogP contribution in [-0.4, -0.2) is 36.3 Å². The van der Waals surface area contributed by atoms with Gasteiger partial charge in [-0.25, -0.2) is 0 Å². The Hall–Kier alpha value is -1.59. The summed E-state index contributed by atoms with van der Waals surface area (Å²) in [6.07, 6.45) is 2.16. The molecule has 0 aromatic heterocycles. The summed E-state index contributed by atoms with van der Waals surface area (Å²) in [5.74, 6) is -0.183. The number of nitrogens with one attached hydrogen (secondary N) is 1. The first kappa shape index (κ1) is 15.5. The van der Waals surface area contributed by atoms with E-state index in [-0.39, 0.29) is 30.8 Å². The summed E-state index contributed by atoms with van der Waals surface area (Å²) in [7, 11) is 0. The van der Waals surface area contributed by atoms with Gasteiger partial charge in [-0.1, -0.05) is 0 Å². The van der Waals surface area contributed by atoms with Gasteiger partial charge >= 0.3 is 0 Å². The van der Waals surface area contributed by atoms with Crippen LogP contribution in [0.1, 0.15) is 23.2 Å². The highest BCUT2D eigenvalue weighted by atomic mass is 35.5. The van der Waals surface area contributed by atoms with Crippen molar-refractivity contribution in [3.63, 3.8) is 0 Å². The van der Waals surface area contributed by atoms with Gasteiger partial charge in [0.1, 0.15) is 0 Å². The number of hydrogen-bond acceptors (Lipinski definition) is 3. The topological polar surface area (TPSA) is 75.4 Å². The van der Waals surface area contributed by atoms with E-state index in [0.717, 1.165) is 25.9 Å². The van der Waals surface area contributed by atoms with E-state index in [2.05, 4.69) is 5.32 Å². The van der Waals surface area contributed by atoms with Crippen LogP contribution >= 0.6 is 12.4 Å². The molecule has 1 saturated heterocycles. The van der Waals surface area contributed by atoms with Gasteiger partial charge in [0.2, 0.25) is 5.91 Å². The molecule has 104 valence electrons. The van der Waals surface area contributed by atoms with Gasteiger partial charge in [-0.3, -0.25) is 9.59 Å². The summed E-state index contributed by atoms with van der Waals surface area (Å²) in [6.45, 7) is 1.63. The molecule has 1 aromatic carbocycles. The van der Waals surface area contributed by atoms with Crippen molar-refractivity contribution in [2.75, 3.05) is 25.0 Å². The lowest BCUT2D eigenvalue weighted by Crippen LogP contribution is -2.27. The van der Waals surface area contributed by atoms with Gasteiger partial charge in [0, 0.05) is 24.3 Å². The van der Waals surface area contributed by atoms with E-state index in [0.29, 0.717) is 11.3 Å². The van der Waals surface area contributed by atoms with E-state index in [1.165, 1.54) is 0 Å². The molecule has 0 bridgehead atoms. The van der Waals surface area contributed by atoms with Crippen molar-refractivity contribution in [2.24, 2.45) is 5.73 Å². The molecule has 1 aromatic rings. The van der Waals surface area contributed by atoms with E-state index in [9.17, 15) is 9.59 Å². The summed E-state index contributed by atoms with van der Waals surface area (Å²) in [4.78, 5) is 25.0. The van der Waals surface area contributed by atoms with Crippen LogP contribution in [0.3, 0.4) is 0 Å². The lowest BCUT2D eigenvalue weighted by molar-refractivity contribution is -0.114. The Bertz CT molecular complexity index is 442. The number of anilines is 1. The molecule has 0 spiro atoms. The van der Waals surface area contributed by atoms with Crippen LogP contribution in [0, 0.1) is 0 Å². The summed E-state index contributed by atoms with van der Waals surface area (Å²) in [5, 5.41) is 2.64. The highest BCUT2D eigenvalue weighted by Crippen LogP contribution is 2.15. The Balaban J connectivity index is 0.00000180. The van der Waals surface area contributed by atoms with Crippen molar-refractivity contribution < 1.29 is 9.59 Å². The van der Waals surface area contributed by atoms with Crippen LogP contribution in [0.25, 0.3) is 0 Å². The second-order valence-electron chi connectivity index (χ2n) is 4.33. The van der Waals surface area contributed by atoms with Crippen LogP contribution < -0.4 is 11.1 Å². The molecule has 1 aliphatic heterocycles. The van der Waals surface area contributed by atoms with Crippen molar-refractivity contribution in [3.8, 4) is 0 Å². The molecule has 0 radical (unpaired) electrons. The number of nitrogens with zero attached hydrogens (tertiary/aromatic N) is 1. The Morgan fingerprint density at radius 3 is 2.26 bits per heavy atom. The summed E-state index contributed by atoms with van der Waals surface area (Å²) in [5.41, 5.74) is 6.52. The highest BCUT2D eigenvalue weighted by molar-refractivity contribution is 5.96. The smallest absolute Gasteiger partial charge is 0.253 e. The van der Waals surface area contributed by atoms with Gasteiger partial charge in [0.05, 0.1) is 6.54 Å². The zero-order valence-corrected chi connectivity index (χ0v) is 11.4. The second kappa shape index (κ2) is 7.11. The maximum absolute atomic E-state index is 12.1. The maximum atomic E-state index is 12.1. The molecule has 5 nitrogen and oxygen atoms in total. The number of rotatable bonds is 3. The Kier molecular flexibility index (Phi) is 5.79. The van der Waals surface area contributed by atoms with Gasteiger partial charge < -0.3 is 16.0 Å². The van der Waals surface area contributed by atoms with E-state index in [1.807, 2.05) is 4.90 Å². The largest absolute Gasteiger partial charge is 0.339 e. The summed E-state index contributed by atoms with van der Waals surface area (Å²) in [6, 6.07) is 6.90. The van der Waals surface area contributed by atoms with Crippen molar-refractivity contribution in [2.45, 2.75) is 12.8 Å². The van der Waals surface area contributed by atoms with E-state index < -0.39 is 0 Å². The fourth-order valence-corrected chi connectivity index (χ4v) is 2.01. The van der Waals surface area contributed by atoms with Crippen molar-refractivity contribution in [3.05, 3.63) is 29.8 Å². The number of benzene rings is 1. The van der Waals surface area contributed by atoms with Gasteiger partial charge in [-0.15, -0.1) is 12.4 Å². The highest BCUT2D eigenvalue weighted by Gasteiger charge is 2.19. The van der Waals surface area contributed by atoms with Crippen LogP contribution in [0.4, 0.5) is 5.69 Å². The van der Waals surface area contributed by atoms with Gasteiger partial charge in [-0.2, -0.15) is 0 Å². The maximum Gasteiger partial charge on any atom is 0.253 e. The summed E-state index contributed by atoms with van der Waals surface area (Å²) < 4.78 is 0. The molecule has 1 heterocycles. The quantitative estimate of drug-likeness (QED) is 0.876. The fourth-order valence-electron chi connectivity index (χ4n) is 2.01. The standard InChI is InChI=1S/C13H17N3O2.ClH/c14-9-12(17)15-11-5-3-10(4-6-11)13(18)16-7-1-2-8-16;/h3-6H,1-2,7-9,14H2,(H,15,17);1H. The molecule has 0 saturated carbocycles. The third kappa shape index (κ3) is 3.94. The normalized spacial score (nSPS) is 13.8. The summed E-state index contributed by atoms with van der Waals surface area (Å²) >= 11 is 0.